The second kappa shape index (κ2) is 11.2. The van der Waals surface area contributed by atoms with Gasteiger partial charge in [0.15, 0.2) is 11.6 Å². The Hall–Kier alpha value is -5.14. The lowest BCUT2D eigenvalue weighted by molar-refractivity contribution is 0.0829. The number of amides is 1. The molecule has 3 heterocycles. The van der Waals surface area contributed by atoms with Crippen LogP contribution in [0.15, 0.2) is 90.2 Å². The van der Waals surface area contributed by atoms with E-state index < -0.39 is 33.0 Å². The van der Waals surface area contributed by atoms with Crippen LogP contribution < -0.4 is 10.0 Å². The molecule has 6 aromatic rings. The Kier molecular flexibility index (Phi) is 7.35. The van der Waals surface area contributed by atoms with Crippen molar-refractivity contribution < 1.29 is 22.0 Å². The van der Waals surface area contributed by atoms with Gasteiger partial charge in [0.1, 0.15) is 34.1 Å². The number of pyridine rings is 1. The molecule has 0 radical (unpaired) electrons. The maximum atomic E-state index is 15.7. The van der Waals surface area contributed by atoms with Crippen molar-refractivity contribution in [3.05, 3.63) is 108 Å². The van der Waals surface area contributed by atoms with E-state index in [-0.39, 0.29) is 27.2 Å². The van der Waals surface area contributed by atoms with E-state index in [0.29, 0.717) is 22.4 Å². The largest absolute Gasteiger partial charge is 0.345 e. The van der Waals surface area contributed by atoms with Gasteiger partial charge in [0, 0.05) is 25.7 Å². The molecule has 1 amide bonds. The number of hydrogen-bond donors (Lipinski definition) is 2. The van der Waals surface area contributed by atoms with Gasteiger partial charge >= 0.3 is 0 Å². The highest BCUT2D eigenvalue weighted by Crippen LogP contribution is 2.33. The molecule has 0 atom stereocenters. The molecule has 222 valence electrons. The number of rotatable bonds is 7. The zero-order chi connectivity index (χ0) is 31.2. The maximum Gasteiger partial charge on any atom is 0.263 e. The summed E-state index contributed by atoms with van der Waals surface area (Å²) in [5.41, 5.74) is 0.536. The Morgan fingerprint density at radius 2 is 1.70 bits per heavy atom. The highest BCUT2D eigenvalue weighted by Gasteiger charge is 2.23. The van der Waals surface area contributed by atoms with Crippen LogP contribution >= 0.6 is 11.6 Å². The van der Waals surface area contributed by atoms with Crippen molar-refractivity contribution in [2.45, 2.75) is 4.90 Å². The number of para-hydroxylation sites is 1. The first-order valence-corrected chi connectivity index (χ1v) is 14.9. The summed E-state index contributed by atoms with van der Waals surface area (Å²) in [6.07, 6.45) is 2.87. The van der Waals surface area contributed by atoms with Crippen molar-refractivity contribution in [2.75, 3.05) is 24.1 Å². The number of nitrogens with zero attached hydrogens (tertiary/aromatic N) is 5. The molecule has 0 fully saturated rings. The standard InChI is InChI=1S/C30H22ClF2N7O3S/c1-39(2)30(41)18-15-40(23-9-5-3-7-17(18)23)25-14-13-22-28(36-25)29(35-16-34-22)37-27-20(32)11-12-21(26(27)33)38-44(42,43)24-10-6-4-8-19(24)31/h3-16,38H,1-2H3,(H,34,35,37). The van der Waals surface area contributed by atoms with Gasteiger partial charge in [-0.1, -0.05) is 41.9 Å². The highest BCUT2D eigenvalue weighted by molar-refractivity contribution is 7.92. The van der Waals surface area contributed by atoms with Gasteiger partial charge in [0.25, 0.3) is 15.9 Å². The van der Waals surface area contributed by atoms with Gasteiger partial charge < -0.3 is 14.8 Å². The molecular formula is C30H22ClF2N7O3S. The van der Waals surface area contributed by atoms with E-state index in [2.05, 4.69) is 25.0 Å². The van der Waals surface area contributed by atoms with Gasteiger partial charge in [-0.15, -0.1) is 0 Å². The first-order valence-electron chi connectivity index (χ1n) is 13.0. The first kappa shape index (κ1) is 29.0. The summed E-state index contributed by atoms with van der Waals surface area (Å²) >= 11 is 6.03. The van der Waals surface area contributed by atoms with Gasteiger partial charge in [-0.05, 0) is 42.5 Å². The van der Waals surface area contributed by atoms with Gasteiger partial charge in [-0.3, -0.25) is 9.52 Å². The van der Waals surface area contributed by atoms with E-state index in [0.717, 1.165) is 17.5 Å². The molecular weight excluding hydrogens is 612 g/mol. The van der Waals surface area contributed by atoms with Crippen molar-refractivity contribution in [1.29, 1.82) is 0 Å². The zero-order valence-electron chi connectivity index (χ0n) is 23.1. The van der Waals surface area contributed by atoms with Gasteiger partial charge in [-0.2, -0.15) is 0 Å². The van der Waals surface area contributed by atoms with Crippen LogP contribution in [-0.4, -0.2) is 52.8 Å². The van der Waals surface area contributed by atoms with E-state index in [1.54, 1.807) is 43.1 Å². The van der Waals surface area contributed by atoms with Gasteiger partial charge in [0.05, 0.1) is 27.3 Å². The van der Waals surface area contributed by atoms with Crippen molar-refractivity contribution in [1.82, 2.24) is 24.4 Å². The van der Waals surface area contributed by atoms with E-state index in [1.165, 1.54) is 29.4 Å². The molecule has 0 aliphatic heterocycles. The molecule has 0 spiro atoms. The van der Waals surface area contributed by atoms with Gasteiger partial charge in [-0.25, -0.2) is 32.2 Å². The monoisotopic (exact) mass is 633 g/mol. The van der Waals surface area contributed by atoms with Crippen LogP contribution in [-0.2, 0) is 10.0 Å². The number of anilines is 3. The van der Waals surface area contributed by atoms with Gasteiger partial charge in [0.2, 0.25) is 0 Å². The molecule has 14 heteroatoms. The number of carbonyl (C=O) groups excluding carboxylic acids is 1. The third kappa shape index (κ3) is 5.16. The third-order valence-corrected chi connectivity index (χ3v) is 8.63. The average molecular weight is 634 g/mol. The van der Waals surface area contributed by atoms with Crippen LogP contribution in [0.4, 0.5) is 26.0 Å². The van der Waals surface area contributed by atoms with E-state index in [9.17, 15) is 17.6 Å². The summed E-state index contributed by atoms with van der Waals surface area (Å²) in [5.74, 6) is -2.06. The number of fused-ring (bicyclic) bond motifs is 2. The number of sulfonamides is 1. The Morgan fingerprint density at radius 3 is 2.48 bits per heavy atom. The van der Waals surface area contributed by atoms with E-state index in [1.807, 2.05) is 24.3 Å². The maximum absolute atomic E-state index is 15.7. The zero-order valence-corrected chi connectivity index (χ0v) is 24.7. The second-order valence-electron chi connectivity index (χ2n) is 9.83. The van der Waals surface area contributed by atoms with Crippen molar-refractivity contribution in [3.8, 4) is 5.82 Å². The van der Waals surface area contributed by atoms with E-state index in [4.69, 9.17) is 11.6 Å². The number of halogens is 3. The number of aromatic nitrogens is 4. The summed E-state index contributed by atoms with van der Waals surface area (Å²) in [4.78, 5) is 27.1. The quantitative estimate of drug-likeness (QED) is 0.216. The van der Waals surface area contributed by atoms with Crippen LogP contribution in [0.1, 0.15) is 10.4 Å². The summed E-state index contributed by atoms with van der Waals surface area (Å²) in [6.45, 7) is 0. The Bertz CT molecular complexity index is 2210. The molecule has 44 heavy (non-hydrogen) atoms. The molecule has 0 saturated heterocycles. The van der Waals surface area contributed by atoms with Crippen LogP contribution in [0.5, 0.6) is 0 Å². The predicted octanol–water partition coefficient (Wildman–Crippen LogP) is 6.15. The van der Waals surface area contributed by atoms with Crippen LogP contribution in [0.25, 0.3) is 27.8 Å². The number of carbonyl (C=O) groups is 1. The predicted molar refractivity (Wildman–Crippen MR) is 164 cm³/mol. The Labute approximate surface area is 255 Å². The molecule has 2 N–H and O–H groups in total. The van der Waals surface area contributed by atoms with Crippen LogP contribution in [0.2, 0.25) is 5.02 Å². The molecule has 0 saturated carbocycles. The Morgan fingerprint density at radius 1 is 0.955 bits per heavy atom. The summed E-state index contributed by atoms with van der Waals surface area (Å²) in [6, 6.07) is 18.2. The lowest BCUT2D eigenvalue weighted by atomic mass is 10.1. The smallest absolute Gasteiger partial charge is 0.263 e. The fourth-order valence-corrected chi connectivity index (χ4v) is 6.24. The van der Waals surface area contributed by atoms with E-state index >= 15 is 4.39 Å². The Balaban J connectivity index is 1.41. The lowest BCUT2D eigenvalue weighted by Crippen LogP contribution is -2.21. The third-order valence-electron chi connectivity index (χ3n) is 6.77. The highest BCUT2D eigenvalue weighted by atomic mass is 35.5. The number of benzene rings is 3. The number of hydrogen-bond acceptors (Lipinski definition) is 7. The molecule has 10 nitrogen and oxygen atoms in total. The average Bonchev–Trinajstić information content (AvgIpc) is 3.40. The summed E-state index contributed by atoms with van der Waals surface area (Å²) < 4.78 is 60.3. The molecule has 3 aromatic carbocycles. The summed E-state index contributed by atoms with van der Waals surface area (Å²) in [7, 11) is -0.988. The fraction of sp³-hybridized carbons (Fsp3) is 0.0667. The molecule has 3 aromatic heterocycles. The van der Waals surface area contributed by atoms with Crippen molar-refractivity contribution >= 4 is 66.7 Å². The van der Waals surface area contributed by atoms with Crippen LogP contribution in [0, 0.1) is 11.6 Å². The molecule has 0 bridgehead atoms. The fourth-order valence-electron chi connectivity index (χ4n) is 4.66. The molecule has 0 aliphatic rings. The minimum absolute atomic E-state index is 0.0400. The van der Waals surface area contributed by atoms with Crippen molar-refractivity contribution in [2.24, 2.45) is 0 Å². The number of nitrogens with one attached hydrogen (secondary N) is 2. The molecule has 6 rings (SSSR count). The molecule has 0 aliphatic carbocycles. The minimum Gasteiger partial charge on any atom is -0.345 e. The minimum atomic E-state index is -4.31. The van der Waals surface area contributed by atoms with Crippen molar-refractivity contribution in [3.63, 3.8) is 0 Å². The summed E-state index contributed by atoms with van der Waals surface area (Å²) in [5, 5.41) is 3.27. The second-order valence-corrected chi connectivity index (χ2v) is 11.9. The van der Waals surface area contributed by atoms with Crippen LogP contribution in [0.3, 0.4) is 0 Å². The molecule has 0 unspecified atom stereocenters. The first-order chi connectivity index (χ1) is 21.0. The lowest BCUT2D eigenvalue weighted by Gasteiger charge is -2.15. The SMILES string of the molecule is CN(C)C(=O)c1cn(-c2ccc3ncnc(Nc4c(F)ccc(NS(=O)(=O)c5ccccc5Cl)c4F)c3n2)c2ccccc12. The topological polar surface area (TPSA) is 122 Å². The normalized spacial score (nSPS) is 11.6.